The maximum atomic E-state index is 2.66. The van der Waals surface area contributed by atoms with Crippen LogP contribution in [0.2, 0.25) is 0 Å². The average Bonchev–Trinajstić information content (AvgIpc) is 2.93. The van der Waals surface area contributed by atoms with Gasteiger partial charge in [-0.25, -0.2) is 0 Å². The van der Waals surface area contributed by atoms with E-state index in [0.717, 1.165) is 6.54 Å². The SMILES string of the molecule is C/C=C\c1cccc2c1CC[C@@]1(C)CN(Cc3ccccc3)C[C@@H]21. The molecule has 2 aromatic carbocycles. The number of likely N-dealkylation sites (tertiary alicyclic amines) is 1. The predicted molar refractivity (Wildman–Crippen MR) is 102 cm³/mol. The van der Waals surface area contributed by atoms with Crippen molar-refractivity contribution in [3.63, 3.8) is 0 Å². The first-order chi connectivity index (χ1) is 11.7. The van der Waals surface area contributed by atoms with Crippen LogP contribution in [0.5, 0.6) is 0 Å². The van der Waals surface area contributed by atoms with Gasteiger partial charge in [0.15, 0.2) is 0 Å². The summed E-state index contributed by atoms with van der Waals surface area (Å²) in [7, 11) is 0. The minimum Gasteiger partial charge on any atom is -0.298 e. The summed E-state index contributed by atoms with van der Waals surface area (Å²) in [5.74, 6) is 0.676. The molecule has 1 nitrogen and oxygen atoms in total. The van der Waals surface area contributed by atoms with Crippen LogP contribution in [0.3, 0.4) is 0 Å². The predicted octanol–water partition coefficient (Wildman–Crippen LogP) is 5.27. The molecule has 1 aliphatic heterocycles. The molecule has 0 N–H and O–H groups in total. The first kappa shape index (κ1) is 15.7. The second-order valence-electron chi connectivity index (χ2n) is 7.78. The molecular formula is C23H27N. The summed E-state index contributed by atoms with van der Waals surface area (Å²) in [5.41, 5.74) is 6.49. The number of nitrogens with zero attached hydrogens (tertiary/aromatic N) is 1. The van der Waals surface area contributed by atoms with E-state index < -0.39 is 0 Å². The van der Waals surface area contributed by atoms with Crippen LogP contribution in [0.25, 0.3) is 6.08 Å². The molecule has 0 amide bonds. The summed E-state index contributed by atoms with van der Waals surface area (Å²) < 4.78 is 0. The van der Waals surface area contributed by atoms with E-state index in [4.69, 9.17) is 0 Å². The fourth-order valence-corrected chi connectivity index (χ4v) is 4.84. The Morgan fingerprint density at radius 2 is 1.96 bits per heavy atom. The van der Waals surface area contributed by atoms with Crippen LogP contribution < -0.4 is 0 Å². The van der Waals surface area contributed by atoms with Gasteiger partial charge in [-0.1, -0.05) is 67.6 Å². The molecular weight excluding hydrogens is 290 g/mol. The highest BCUT2D eigenvalue weighted by Gasteiger charge is 2.46. The van der Waals surface area contributed by atoms with E-state index in [1.165, 1.54) is 37.1 Å². The molecule has 1 aliphatic carbocycles. The standard InChI is InChI=1S/C23H27N/c1-3-8-19-11-7-12-21-20(19)13-14-23(2)17-24(16-22(21)23)15-18-9-5-4-6-10-18/h3-12,22H,13-17H2,1-2H3/b8-3-/t22-,23-/m0/s1. The molecule has 2 atom stereocenters. The molecule has 0 aromatic heterocycles. The zero-order chi connectivity index (χ0) is 16.6. The lowest BCUT2D eigenvalue weighted by Gasteiger charge is -2.37. The van der Waals surface area contributed by atoms with Crippen molar-refractivity contribution in [2.45, 2.75) is 39.2 Å². The van der Waals surface area contributed by atoms with Gasteiger partial charge >= 0.3 is 0 Å². The highest BCUT2D eigenvalue weighted by atomic mass is 15.2. The molecule has 1 saturated heterocycles. The topological polar surface area (TPSA) is 3.24 Å². The third kappa shape index (κ3) is 2.71. The molecule has 0 bridgehead atoms. The largest absolute Gasteiger partial charge is 0.298 e. The highest BCUT2D eigenvalue weighted by Crippen LogP contribution is 2.51. The summed E-state index contributed by atoms with van der Waals surface area (Å²) in [6, 6.07) is 17.8. The summed E-state index contributed by atoms with van der Waals surface area (Å²) in [6.07, 6.45) is 6.98. The zero-order valence-corrected chi connectivity index (χ0v) is 14.8. The van der Waals surface area contributed by atoms with E-state index in [9.17, 15) is 0 Å². The summed E-state index contributed by atoms with van der Waals surface area (Å²) in [6.45, 7) is 8.12. The van der Waals surface area contributed by atoms with E-state index in [1.54, 1.807) is 11.1 Å². The van der Waals surface area contributed by atoms with E-state index in [2.05, 4.69) is 79.4 Å². The van der Waals surface area contributed by atoms with Crippen molar-refractivity contribution in [2.75, 3.05) is 13.1 Å². The Morgan fingerprint density at radius 1 is 1.12 bits per heavy atom. The monoisotopic (exact) mass is 317 g/mol. The molecule has 1 fully saturated rings. The van der Waals surface area contributed by atoms with Crippen LogP contribution >= 0.6 is 0 Å². The highest BCUT2D eigenvalue weighted by molar-refractivity contribution is 5.57. The lowest BCUT2D eigenvalue weighted by Crippen LogP contribution is -2.31. The number of fused-ring (bicyclic) bond motifs is 3. The Hall–Kier alpha value is -1.86. The quantitative estimate of drug-likeness (QED) is 0.745. The van der Waals surface area contributed by atoms with Crippen molar-refractivity contribution in [1.29, 1.82) is 0 Å². The van der Waals surface area contributed by atoms with Crippen LogP contribution in [-0.4, -0.2) is 18.0 Å². The molecule has 2 aliphatic rings. The van der Waals surface area contributed by atoms with E-state index >= 15 is 0 Å². The van der Waals surface area contributed by atoms with Gasteiger partial charge in [0, 0.05) is 25.6 Å². The van der Waals surface area contributed by atoms with Gasteiger partial charge in [-0.3, -0.25) is 4.90 Å². The summed E-state index contributed by atoms with van der Waals surface area (Å²) in [4.78, 5) is 2.66. The maximum absolute atomic E-state index is 2.66. The molecule has 0 unspecified atom stereocenters. The van der Waals surface area contributed by atoms with Gasteiger partial charge in [0.2, 0.25) is 0 Å². The number of hydrogen-bond donors (Lipinski definition) is 0. The first-order valence-corrected chi connectivity index (χ1v) is 9.20. The Morgan fingerprint density at radius 3 is 2.75 bits per heavy atom. The maximum Gasteiger partial charge on any atom is 0.0234 e. The average molecular weight is 317 g/mol. The second kappa shape index (κ2) is 6.22. The van der Waals surface area contributed by atoms with Crippen LogP contribution in [-0.2, 0) is 13.0 Å². The van der Waals surface area contributed by atoms with Gasteiger partial charge in [-0.05, 0) is 47.4 Å². The van der Waals surface area contributed by atoms with Crippen LogP contribution in [0.15, 0.2) is 54.6 Å². The smallest absolute Gasteiger partial charge is 0.0234 e. The van der Waals surface area contributed by atoms with Gasteiger partial charge in [0.05, 0.1) is 0 Å². The van der Waals surface area contributed by atoms with Crippen molar-refractivity contribution >= 4 is 6.08 Å². The molecule has 4 rings (SSSR count). The third-order valence-electron chi connectivity index (χ3n) is 6.03. The first-order valence-electron chi connectivity index (χ1n) is 9.20. The molecule has 0 spiro atoms. The number of benzene rings is 2. The van der Waals surface area contributed by atoms with Gasteiger partial charge < -0.3 is 0 Å². The van der Waals surface area contributed by atoms with Crippen molar-refractivity contribution in [3.05, 3.63) is 76.9 Å². The molecule has 1 heterocycles. The van der Waals surface area contributed by atoms with Crippen LogP contribution in [0.1, 0.15) is 48.4 Å². The van der Waals surface area contributed by atoms with Crippen molar-refractivity contribution in [2.24, 2.45) is 5.41 Å². The van der Waals surface area contributed by atoms with Gasteiger partial charge in [-0.15, -0.1) is 0 Å². The van der Waals surface area contributed by atoms with E-state index in [1.807, 2.05) is 0 Å². The Bertz CT molecular complexity index is 746. The third-order valence-corrected chi connectivity index (χ3v) is 6.03. The van der Waals surface area contributed by atoms with Gasteiger partial charge in [0.25, 0.3) is 0 Å². The zero-order valence-electron chi connectivity index (χ0n) is 14.8. The van der Waals surface area contributed by atoms with Crippen molar-refractivity contribution < 1.29 is 0 Å². The molecule has 0 saturated carbocycles. The summed E-state index contributed by atoms with van der Waals surface area (Å²) >= 11 is 0. The van der Waals surface area contributed by atoms with Gasteiger partial charge in [-0.2, -0.15) is 0 Å². The molecule has 24 heavy (non-hydrogen) atoms. The van der Waals surface area contributed by atoms with Crippen LogP contribution in [0, 0.1) is 5.41 Å². The van der Waals surface area contributed by atoms with Crippen molar-refractivity contribution in [1.82, 2.24) is 4.90 Å². The number of hydrogen-bond acceptors (Lipinski definition) is 1. The Kier molecular flexibility index (Phi) is 4.05. The molecule has 0 radical (unpaired) electrons. The minimum atomic E-state index is 0.427. The Labute approximate surface area is 146 Å². The Balaban J connectivity index is 1.62. The fraction of sp³-hybridized carbons (Fsp3) is 0.391. The van der Waals surface area contributed by atoms with Crippen molar-refractivity contribution in [3.8, 4) is 0 Å². The molecule has 1 heteroatoms. The lowest BCUT2D eigenvalue weighted by atomic mass is 9.66. The minimum absolute atomic E-state index is 0.427. The number of rotatable bonds is 3. The molecule has 2 aromatic rings. The summed E-state index contributed by atoms with van der Waals surface area (Å²) in [5, 5.41) is 0. The van der Waals surface area contributed by atoms with Crippen LogP contribution in [0.4, 0.5) is 0 Å². The van der Waals surface area contributed by atoms with E-state index in [-0.39, 0.29) is 0 Å². The van der Waals surface area contributed by atoms with E-state index in [0.29, 0.717) is 11.3 Å². The van der Waals surface area contributed by atoms with Gasteiger partial charge in [0.1, 0.15) is 0 Å². The number of allylic oxidation sites excluding steroid dienone is 1. The second-order valence-corrected chi connectivity index (χ2v) is 7.78. The fourth-order valence-electron chi connectivity index (χ4n) is 4.84. The normalized spacial score (nSPS) is 26.5. The lowest BCUT2D eigenvalue weighted by molar-refractivity contribution is 0.240. The molecule has 124 valence electrons.